The summed E-state index contributed by atoms with van der Waals surface area (Å²) in [6.45, 7) is 9.27. The average Bonchev–Trinajstić information content (AvgIpc) is 2.05. The minimum absolute atomic E-state index is 0.200. The monoisotopic (exact) mass is 185 g/mol. The summed E-state index contributed by atoms with van der Waals surface area (Å²) < 4.78 is 0. The Labute approximate surface area is 81.9 Å². The normalized spacial score (nSPS) is 23.1. The van der Waals surface area contributed by atoms with E-state index in [4.69, 9.17) is 0 Å². The SMILES string of the molecule is CC(C)(C)[C@@H](CO)N1CCCCC1. The summed E-state index contributed by atoms with van der Waals surface area (Å²) in [4.78, 5) is 2.45. The zero-order chi connectivity index (χ0) is 9.90. The molecule has 1 aliphatic heterocycles. The van der Waals surface area contributed by atoms with Crippen molar-refractivity contribution in [1.29, 1.82) is 0 Å². The molecule has 78 valence electrons. The van der Waals surface area contributed by atoms with Gasteiger partial charge >= 0.3 is 0 Å². The minimum Gasteiger partial charge on any atom is -0.395 e. The van der Waals surface area contributed by atoms with Crippen LogP contribution in [0.2, 0.25) is 0 Å². The van der Waals surface area contributed by atoms with E-state index in [0.29, 0.717) is 12.6 Å². The van der Waals surface area contributed by atoms with Gasteiger partial charge in [0.2, 0.25) is 0 Å². The van der Waals surface area contributed by atoms with E-state index in [9.17, 15) is 5.11 Å². The number of nitrogens with zero attached hydrogens (tertiary/aromatic N) is 1. The van der Waals surface area contributed by atoms with Gasteiger partial charge in [0, 0.05) is 6.04 Å². The number of aliphatic hydroxyl groups excluding tert-OH is 1. The first-order valence-corrected chi connectivity index (χ1v) is 5.40. The standard InChI is InChI=1S/C11H23NO/c1-11(2,3)10(9-13)12-7-5-4-6-8-12/h10,13H,4-9H2,1-3H3/t10-/m1/s1. The summed E-state index contributed by atoms with van der Waals surface area (Å²) >= 11 is 0. The highest BCUT2D eigenvalue weighted by Crippen LogP contribution is 2.26. The fourth-order valence-electron chi connectivity index (χ4n) is 2.17. The Hall–Kier alpha value is -0.0800. The van der Waals surface area contributed by atoms with Gasteiger partial charge in [0.05, 0.1) is 6.61 Å². The Bertz CT molecular complexity index is 145. The topological polar surface area (TPSA) is 23.5 Å². The van der Waals surface area contributed by atoms with Gasteiger partial charge in [-0.25, -0.2) is 0 Å². The summed E-state index contributed by atoms with van der Waals surface area (Å²) in [6.07, 6.45) is 3.96. The molecule has 1 saturated heterocycles. The predicted octanol–water partition coefficient (Wildman–Crippen LogP) is 1.88. The van der Waals surface area contributed by atoms with Crippen molar-refractivity contribution in [3.8, 4) is 0 Å². The first kappa shape index (κ1) is 11.0. The highest BCUT2D eigenvalue weighted by Gasteiger charge is 2.30. The molecule has 0 spiro atoms. The van der Waals surface area contributed by atoms with Crippen LogP contribution in [0, 0.1) is 5.41 Å². The number of piperidine rings is 1. The molecule has 0 saturated carbocycles. The maximum absolute atomic E-state index is 9.37. The predicted molar refractivity (Wildman–Crippen MR) is 55.8 cm³/mol. The van der Waals surface area contributed by atoms with E-state index >= 15 is 0 Å². The van der Waals surface area contributed by atoms with Crippen molar-refractivity contribution < 1.29 is 5.11 Å². The van der Waals surface area contributed by atoms with Crippen LogP contribution in [0.15, 0.2) is 0 Å². The summed E-state index contributed by atoms with van der Waals surface area (Å²) in [5.74, 6) is 0. The van der Waals surface area contributed by atoms with Crippen LogP contribution in [0.25, 0.3) is 0 Å². The molecule has 0 aromatic heterocycles. The van der Waals surface area contributed by atoms with Crippen LogP contribution in [0.1, 0.15) is 40.0 Å². The molecule has 0 aromatic rings. The number of likely N-dealkylation sites (tertiary alicyclic amines) is 1. The number of hydrogen-bond donors (Lipinski definition) is 1. The van der Waals surface area contributed by atoms with Crippen LogP contribution < -0.4 is 0 Å². The number of rotatable bonds is 2. The average molecular weight is 185 g/mol. The summed E-state index contributed by atoms with van der Waals surface area (Å²) in [7, 11) is 0. The molecule has 0 aliphatic carbocycles. The third kappa shape index (κ3) is 2.96. The third-order valence-electron chi connectivity index (χ3n) is 3.00. The Balaban J connectivity index is 2.54. The van der Waals surface area contributed by atoms with E-state index in [1.165, 1.54) is 32.4 Å². The van der Waals surface area contributed by atoms with E-state index < -0.39 is 0 Å². The van der Waals surface area contributed by atoms with Crippen molar-refractivity contribution in [2.75, 3.05) is 19.7 Å². The molecule has 1 atom stereocenters. The van der Waals surface area contributed by atoms with Crippen LogP contribution >= 0.6 is 0 Å². The molecule has 0 amide bonds. The van der Waals surface area contributed by atoms with E-state index in [0.717, 1.165) is 0 Å². The van der Waals surface area contributed by atoms with Gasteiger partial charge < -0.3 is 5.11 Å². The smallest absolute Gasteiger partial charge is 0.0591 e. The minimum atomic E-state index is 0.200. The molecule has 1 N–H and O–H groups in total. The second-order valence-electron chi connectivity index (χ2n) is 5.16. The summed E-state index contributed by atoms with van der Waals surface area (Å²) in [5, 5.41) is 9.37. The van der Waals surface area contributed by atoms with E-state index in [-0.39, 0.29) is 5.41 Å². The fraction of sp³-hybridized carbons (Fsp3) is 1.00. The molecule has 2 heteroatoms. The van der Waals surface area contributed by atoms with Gasteiger partial charge in [-0.15, -0.1) is 0 Å². The Morgan fingerprint density at radius 1 is 1.15 bits per heavy atom. The lowest BCUT2D eigenvalue weighted by atomic mass is 9.85. The van der Waals surface area contributed by atoms with Crippen LogP contribution in [0.5, 0.6) is 0 Å². The van der Waals surface area contributed by atoms with Gasteiger partial charge in [-0.3, -0.25) is 4.90 Å². The first-order chi connectivity index (χ1) is 6.05. The van der Waals surface area contributed by atoms with Crippen molar-refractivity contribution in [2.45, 2.75) is 46.1 Å². The highest BCUT2D eigenvalue weighted by atomic mass is 16.3. The van der Waals surface area contributed by atoms with Crippen LogP contribution in [0.4, 0.5) is 0 Å². The lowest BCUT2D eigenvalue weighted by Crippen LogP contribution is -2.48. The largest absolute Gasteiger partial charge is 0.395 e. The summed E-state index contributed by atoms with van der Waals surface area (Å²) in [5.41, 5.74) is 0.200. The van der Waals surface area contributed by atoms with Crippen molar-refractivity contribution in [1.82, 2.24) is 4.90 Å². The Kier molecular flexibility index (Phi) is 3.74. The highest BCUT2D eigenvalue weighted by molar-refractivity contribution is 4.84. The Morgan fingerprint density at radius 3 is 2.08 bits per heavy atom. The molecule has 13 heavy (non-hydrogen) atoms. The van der Waals surface area contributed by atoms with Gasteiger partial charge in [0.1, 0.15) is 0 Å². The quantitative estimate of drug-likeness (QED) is 0.710. The first-order valence-electron chi connectivity index (χ1n) is 5.40. The molecule has 1 aliphatic rings. The molecule has 0 unspecified atom stereocenters. The van der Waals surface area contributed by atoms with Crippen LogP contribution in [-0.2, 0) is 0 Å². The fourth-order valence-corrected chi connectivity index (χ4v) is 2.17. The lowest BCUT2D eigenvalue weighted by Gasteiger charge is -2.41. The van der Waals surface area contributed by atoms with E-state index in [1.54, 1.807) is 0 Å². The van der Waals surface area contributed by atoms with Gasteiger partial charge in [-0.1, -0.05) is 27.2 Å². The van der Waals surface area contributed by atoms with Crippen molar-refractivity contribution in [3.63, 3.8) is 0 Å². The third-order valence-corrected chi connectivity index (χ3v) is 3.00. The Morgan fingerprint density at radius 2 is 1.69 bits per heavy atom. The molecular weight excluding hydrogens is 162 g/mol. The maximum Gasteiger partial charge on any atom is 0.0591 e. The molecule has 0 radical (unpaired) electrons. The van der Waals surface area contributed by atoms with Crippen molar-refractivity contribution in [2.24, 2.45) is 5.41 Å². The van der Waals surface area contributed by atoms with Gasteiger partial charge in [0.15, 0.2) is 0 Å². The van der Waals surface area contributed by atoms with Gasteiger partial charge in [0.25, 0.3) is 0 Å². The molecular formula is C11H23NO. The van der Waals surface area contributed by atoms with Gasteiger partial charge in [-0.2, -0.15) is 0 Å². The number of hydrogen-bond acceptors (Lipinski definition) is 2. The molecule has 1 rings (SSSR count). The summed E-state index contributed by atoms with van der Waals surface area (Å²) in [6, 6.07) is 0.341. The van der Waals surface area contributed by atoms with E-state index in [2.05, 4.69) is 25.7 Å². The van der Waals surface area contributed by atoms with Crippen LogP contribution in [0.3, 0.4) is 0 Å². The van der Waals surface area contributed by atoms with Crippen molar-refractivity contribution in [3.05, 3.63) is 0 Å². The second kappa shape index (κ2) is 4.43. The second-order valence-corrected chi connectivity index (χ2v) is 5.16. The molecule has 0 bridgehead atoms. The van der Waals surface area contributed by atoms with Gasteiger partial charge in [-0.05, 0) is 31.3 Å². The van der Waals surface area contributed by atoms with E-state index in [1.807, 2.05) is 0 Å². The molecule has 1 fully saturated rings. The zero-order valence-corrected chi connectivity index (χ0v) is 9.21. The van der Waals surface area contributed by atoms with Crippen molar-refractivity contribution >= 4 is 0 Å². The lowest BCUT2D eigenvalue weighted by molar-refractivity contribution is 0.0355. The molecule has 2 nitrogen and oxygen atoms in total. The molecule has 1 heterocycles. The number of aliphatic hydroxyl groups is 1. The zero-order valence-electron chi connectivity index (χ0n) is 9.21. The van der Waals surface area contributed by atoms with Crippen LogP contribution in [-0.4, -0.2) is 35.7 Å². The molecule has 0 aromatic carbocycles. The maximum atomic E-state index is 9.37.